The summed E-state index contributed by atoms with van der Waals surface area (Å²) < 4.78 is 37.7. The van der Waals surface area contributed by atoms with E-state index in [2.05, 4.69) is 15.3 Å². The molecule has 0 atom stereocenters. The standard InChI is InChI=1S/C25H17Cl2N5O6S/c1-14-4-2-3-5-22(14)39(35,36)32-9-8-15-10-17(6-7-21(15)32)37-23-18(26)11-16(12-19(23)27)30-31-20(13-28)24(33)38-25(29)34/h2-12,30H,1H3,(H2,29,34). The van der Waals surface area contributed by atoms with Gasteiger partial charge in [-0.3, -0.25) is 5.43 Å². The number of nitrogens with one attached hydrogen (secondary N) is 1. The van der Waals surface area contributed by atoms with Gasteiger partial charge in [-0.1, -0.05) is 41.4 Å². The fraction of sp³-hybridized carbons (Fsp3) is 0.0400. The molecule has 4 rings (SSSR count). The van der Waals surface area contributed by atoms with Crippen molar-refractivity contribution >= 4 is 67.6 Å². The van der Waals surface area contributed by atoms with Crippen LogP contribution in [0.25, 0.3) is 10.9 Å². The summed E-state index contributed by atoms with van der Waals surface area (Å²) in [5, 5.41) is 13.3. The summed E-state index contributed by atoms with van der Waals surface area (Å²) in [5.41, 5.74) is 7.65. The molecule has 0 aliphatic carbocycles. The first kappa shape index (κ1) is 27.5. The highest BCUT2D eigenvalue weighted by Crippen LogP contribution is 2.39. The van der Waals surface area contributed by atoms with Gasteiger partial charge in [0.25, 0.3) is 10.0 Å². The van der Waals surface area contributed by atoms with Crippen LogP contribution in [0.15, 0.2) is 76.9 Å². The number of carbonyl (C=O) groups is 2. The first-order valence-corrected chi connectivity index (χ1v) is 13.1. The molecule has 1 aromatic heterocycles. The van der Waals surface area contributed by atoms with E-state index >= 15 is 0 Å². The van der Waals surface area contributed by atoms with Crippen molar-refractivity contribution in [1.29, 1.82) is 5.26 Å². The van der Waals surface area contributed by atoms with E-state index in [1.54, 1.807) is 55.5 Å². The number of esters is 1. The van der Waals surface area contributed by atoms with Crippen molar-refractivity contribution in [2.75, 3.05) is 5.43 Å². The Kier molecular flexibility index (Phi) is 7.78. The third-order valence-corrected chi connectivity index (χ3v) is 7.68. The van der Waals surface area contributed by atoms with Crippen LogP contribution in [0.2, 0.25) is 10.0 Å². The molecule has 3 N–H and O–H groups in total. The van der Waals surface area contributed by atoms with Crippen LogP contribution >= 0.6 is 23.2 Å². The second kappa shape index (κ2) is 11.0. The van der Waals surface area contributed by atoms with Gasteiger partial charge in [0.1, 0.15) is 11.8 Å². The maximum absolute atomic E-state index is 13.2. The third kappa shape index (κ3) is 5.80. The number of hydrogen-bond acceptors (Lipinski definition) is 9. The smallest absolute Gasteiger partial charge is 0.412 e. The molecular formula is C25H17Cl2N5O6S. The summed E-state index contributed by atoms with van der Waals surface area (Å²) in [5.74, 6) is -0.921. The monoisotopic (exact) mass is 585 g/mol. The molecule has 198 valence electrons. The number of benzene rings is 3. The van der Waals surface area contributed by atoms with Crippen LogP contribution in [0.1, 0.15) is 5.56 Å². The minimum absolute atomic E-state index is 0.0539. The van der Waals surface area contributed by atoms with Crippen molar-refractivity contribution in [1.82, 2.24) is 3.97 Å². The molecule has 0 saturated carbocycles. The van der Waals surface area contributed by atoms with E-state index < -0.39 is 27.8 Å². The summed E-state index contributed by atoms with van der Waals surface area (Å²) >= 11 is 12.7. The SMILES string of the molecule is Cc1ccccc1S(=O)(=O)n1ccc2cc(Oc3c(Cl)cc(NN=C(C#N)C(=O)OC(N)=O)cc3Cl)ccc21. The zero-order valence-corrected chi connectivity index (χ0v) is 22.2. The van der Waals surface area contributed by atoms with E-state index in [1.165, 1.54) is 28.4 Å². The van der Waals surface area contributed by atoms with Crippen LogP contribution in [0.4, 0.5) is 10.5 Å². The van der Waals surface area contributed by atoms with Gasteiger partial charge in [-0.05, 0) is 55.0 Å². The van der Waals surface area contributed by atoms with Crippen LogP contribution < -0.4 is 15.9 Å². The predicted molar refractivity (Wildman–Crippen MR) is 145 cm³/mol. The van der Waals surface area contributed by atoms with Crippen molar-refractivity contribution in [2.45, 2.75) is 11.8 Å². The van der Waals surface area contributed by atoms with E-state index in [-0.39, 0.29) is 26.4 Å². The number of primary amides is 1. The quantitative estimate of drug-likeness (QED) is 0.129. The van der Waals surface area contributed by atoms with Crippen LogP contribution in [-0.4, -0.2) is 30.2 Å². The summed E-state index contributed by atoms with van der Waals surface area (Å²) in [6.07, 6.45) is 0.0736. The van der Waals surface area contributed by atoms with Gasteiger partial charge in [-0.2, -0.15) is 10.4 Å². The number of aromatic nitrogens is 1. The second-order valence-corrected chi connectivity index (χ2v) is 10.5. The lowest BCUT2D eigenvalue weighted by molar-refractivity contribution is -0.129. The Morgan fingerprint density at radius 3 is 2.41 bits per heavy atom. The Morgan fingerprint density at radius 1 is 1.08 bits per heavy atom. The number of hydrazone groups is 1. The number of nitrogens with two attached hydrogens (primary N) is 1. The van der Waals surface area contributed by atoms with E-state index in [4.69, 9.17) is 38.9 Å². The highest BCUT2D eigenvalue weighted by atomic mass is 35.5. The maximum Gasteiger partial charge on any atom is 0.412 e. The number of anilines is 1. The number of rotatable bonds is 7. The van der Waals surface area contributed by atoms with E-state index in [0.29, 0.717) is 22.2 Å². The molecule has 0 aliphatic heterocycles. The maximum atomic E-state index is 13.2. The third-order valence-electron chi connectivity index (χ3n) is 5.26. The molecule has 1 amide bonds. The van der Waals surface area contributed by atoms with Crippen LogP contribution in [-0.2, 0) is 19.6 Å². The fourth-order valence-electron chi connectivity index (χ4n) is 3.54. The lowest BCUT2D eigenvalue weighted by Crippen LogP contribution is -2.24. The van der Waals surface area contributed by atoms with E-state index in [1.807, 2.05) is 0 Å². The number of fused-ring (bicyclic) bond motifs is 1. The second-order valence-electron chi connectivity index (χ2n) is 7.87. The average Bonchev–Trinajstić information content (AvgIpc) is 3.30. The van der Waals surface area contributed by atoms with Gasteiger partial charge >= 0.3 is 12.1 Å². The molecule has 11 nitrogen and oxygen atoms in total. The lowest BCUT2D eigenvalue weighted by atomic mass is 10.2. The molecule has 0 aliphatic rings. The number of halogens is 2. The number of ether oxygens (including phenoxy) is 2. The Morgan fingerprint density at radius 2 is 1.77 bits per heavy atom. The Labute approximate surface area is 232 Å². The van der Waals surface area contributed by atoms with Crippen molar-refractivity contribution in [2.24, 2.45) is 10.8 Å². The zero-order chi connectivity index (χ0) is 28.3. The first-order valence-electron chi connectivity index (χ1n) is 10.9. The fourth-order valence-corrected chi connectivity index (χ4v) is 5.68. The number of nitrogens with zero attached hydrogens (tertiary/aromatic N) is 3. The summed E-state index contributed by atoms with van der Waals surface area (Å²) in [7, 11) is -3.82. The van der Waals surface area contributed by atoms with Gasteiger partial charge in [0.05, 0.1) is 26.1 Å². The largest absolute Gasteiger partial charge is 0.454 e. The number of nitriles is 1. The Hall–Kier alpha value is -4.57. The van der Waals surface area contributed by atoms with Crippen LogP contribution in [0.3, 0.4) is 0 Å². The summed E-state index contributed by atoms with van der Waals surface area (Å²) in [4.78, 5) is 22.5. The van der Waals surface area contributed by atoms with E-state index in [9.17, 15) is 18.0 Å². The van der Waals surface area contributed by atoms with Gasteiger partial charge in [-0.25, -0.2) is 22.0 Å². The Bertz CT molecular complexity index is 1790. The molecule has 0 radical (unpaired) electrons. The molecule has 14 heteroatoms. The number of hydrogen-bond donors (Lipinski definition) is 2. The molecule has 3 aromatic carbocycles. The molecule has 4 aromatic rings. The highest BCUT2D eigenvalue weighted by Gasteiger charge is 2.21. The van der Waals surface area contributed by atoms with Gasteiger partial charge < -0.3 is 15.2 Å². The summed E-state index contributed by atoms with van der Waals surface area (Å²) in [6.45, 7) is 1.73. The molecule has 39 heavy (non-hydrogen) atoms. The van der Waals surface area contributed by atoms with Crippen LogP contribution in [0, 0.1) is 18.3 Å². The summed E-state index contributed by atoms with van der Waals surface area (Å²) in [6, 6.07) is 17.3. The molecule has 0 bridgehead atoms. The van der Waals surface area contributed by atoms with Gasteiger partial charge in [-0.15, -0.1) is 0 Å². The van der Waals surface area contributed by atoms with Crippen molar-refractivity contribution < 1.29 is 27.5 Å². The Balaban J connectivity index is 1.58. The normalized spacial score (nSPS) is 11.6. The minimum Gasteiger partial charge on any atom is -0.454 e. The molecule has 1 heterocycles. The van der Waals surface area contributed by atoms with Crippen molar-refractivity contribution in [3.05, 3.63) is 82.5 Å². The first-order chi connectivity index (χ1) is 18.5. The average molecular weight is 586 g/mol. The van der Waals surface area contributed by atoms with Gasteiger partial charge in [0, 0.05) is 11.6 Å². The zero-order valence-electron chi connectivity index (χ0n) is 19.9. The highest BCUT2D eigenvalue weighted by molar-refractivity contribution is 7.90. The van der Waals surface area contributed by atoms with Crippen LogP contribution in [0.5, 0.6) is 11.5 Å². The topological polar surface area (TPSA) is 166 Å². The molecule has 0 saturated heterocycles. The number of carbonyl (C=O) groups excluding carboxylic acids is 2. The predicted octanol–water partition coefficient (Wildman–Crippen LogP) is 5.20. The van der Waals surface area contributed by atoms with Crippen molar-refractivity contribution in [3.8, 4) is 17.6 Å². The molecule has 0 spiro atoms. The molecule has 0 unspecified atom stereocenters. The number of aryl methyl sites for hydroxylation is 1. The lowest BCUT2D eigenvalue weighted by Gasteiger charge is -2.12. The van der Waals surface area contributed by atoms with Gasteiger partial charge in [0.2, 0.25) is 5.71 Å². The molecular weight excluding hydrogens is 569 g/mol. The minimum atomic E-state index is -3.82. The number of amides is 1. The van der Waals surface area contributed by atoms with Crippen molar-refractivity contribution in [3.63, 3.8) is 0 Å². The molecule has 0 fully saturated rings. The van der Waals surface area contributed by atoms with Gasteiger partial charge in [0.15, 0.2) is 5.75 Å². The van der Waals surface area contributed by atoms with E-state index in [0.717, 1.165) is 0 Å².